The third kappa shape index (κ3) is 4.23. The van der Waals surface area contributed by atoms with E-state index in [-0.39, 0.29) is 27.0 Å². The first kappa shape index (κ1) is 19.1. The minimum Gasteiger partial charge on any atom is -0.497 e. The lowest BCUT2D eigenvalue weighted by Gasteiger charge is -2.13. The van der Waals surface area contributed by atoms with Crippen LogP contribution >= 0.6 is 0 Å². The molecule has 136 valence electrons. The number of ether oxygens (including phenoxy) is 2. The fourth-order valence-corrected chi connectivity index (χ4v) is 4.23. The third-order valence-electron chi connectivity index (χ3n) is 3.51. The molecule has 0 aliphatic rings. The van der Waals surface area contributed by atoms with Gasteiger partial charge in [0.1, 0.15) is 16.4 Å². The van der Waals surface area contributed by atoms with Crippen LogP contribution < -0.4 is 14.2 Å². The molecule has 2 aromatic carbocycles. The van der Waals surface area contributed by atoms with Crippen molar-refractivity contribution in [3.05, 3.63) is 42.5 Å². The summed E-state index contributed by atoms with van der Waals surface area (Å²) in [5.74, 6) is 0.503. The minimum absolute atomic E-state index is 0.0287. The maximum absolute atomic E-state index is 12.6. The first-order chi connectivity index (χ1) is 11.7. The van der Waals surface area contributed by atoms with Gasteiger partial charge in [-0.15, -0.1) is 0 Å². The number of hydrogen-bond acceptors (Lipinski definition) is 6. The zero-order chi connectivity index (χ0) is 18.7. The van der Waals surface area contributed by atoms with Crippen molar-refractivity contribution in [3.8, 4) is 11.5 Å². The summed E-state index contributed by atoms with van der Waals surface area (Å²) >= 11 is 0. The standard InChI is InChI=1S/C16H19NO6S2/c1-4-24(18,19)14-8-5-12(6-9-14)17-25(20,21)16-11-13(22-2)7-10-15(16)23-3/h5-11,17H,4H2,1-3H3. The van der Waals surface area contributed by atoms with Crippen molar-refractivity contribution >= 4 is 25.5 Å². The highest BCUT2D eigenvalue weighted by molar-refractivity contribution is 7.93. The predicted molar refractivity (Wildman–Crippen MR) is 94.5 cm³/mol. The van der Waals surface area contributed by atoms with E-state index in [9.17, 15) is 16.8 Å². The Morgan fingerprint density at radius 1 is 0.920 bits per heavy atom. The van der Waals surface area contributed by atoms with Crippen LogP contribution in [0.15, 0.2) is 52.3 Å². The average molecular weight is 385 g/mol. The van der Waals surface area contributed by atoms with Gasteiger partial charge in [0.05, 0.1) is 24.9 Å². The SMILES string of the molecule is CCS(=O)(=O)c1ccc(NS(=O)(=O)c2cc(OC)ccc2OC)cc1. The molecule has 0 amide bonds. The summed E-state index contributed by atoms with van der Waals surface area (Å²) in [6.07, 6.45) is 0. The van der Waals surface area contributed by atoms with Crippen LogP contribution in [0.25, 0.3) is 0 Å². The van der Waals surface area contributed by atoms with E-state index < -0.39 is 19.9 Å². The largest absolute Gasteiger partial charge is 0.497 e. The van der Waals surface area contributed by atoms with Crippen LogP contribution in [0.4, 0.5) is 5.69 Å². The van der Waals surface area contributed by atoms with Gasteiger partial charge in [-0.2, -0.15) is 0 Å². The molecule has 0 spiro atoms. The fourth-order valence-electron chi connectivity index (χ4n) is 2.10. The quantitative estimate of drug-likeness (QED) is 0.785. The molecule has 0 bridgehead atoms. The van der Waals surface area contributed by atoms with Crippen LogP contribution in [0, 0.1) is 0 Å². The Morgan fingerprint density at radius 2 is 1.56 bits per heavy atom. The summed E-state index contributed by atoms with van der Waals surface area (Å²) < 4.78 is 61.4. The van der Waals surface area contributed by atoms with Crippen LogP contribution in [0.3, 0.4) is 0 Å². The molecule has 25 heavy (non-hydrogen) atoms. The Kier molecular flexibility index (Phi) is 5.58. The number of methoxy groups -OCH3 is 2. The first-order valence-electron chi connectivity index (χ1n) is 7.31. The van der Waals surface area contributed by atoms with Crippen molar-refractivity contribution in [1.82, 2.24) is 0 Å². The maximum atomic E-state index is 12.6. The molecule has 0 heterocycles. The Bertz CT molecular complexity index is 951. The lowest BCUT2D eigenvalue weighted by molar-refractivity contribution is 0.392. The molecular weight excluding hydrogens is 366 g/mol. The monoisotopic (exact) mass is 385 g/mol. The van der Waals surface area contributed by atoms with Gasteiger partial charge in [0.2, 0.25) is 0 Å². The summed E-state index contributed by atoms with van der Waals surface area (Å²) in [5.41, 5.74) is 0.236. The number of rotatable bonds is 7. The summed E-state index contributed by atoms with van der Waals surface area (Å²) in [4.78, 5) is 0.0523. The molecule has 0 unspecified atom stereocenters. The van der Waals surface area contributed by atoms with Crippen LogP contribution in [0.2, 0.25) is 0 Å². The van der Waals surface area contributed by atoms with E-state index in [0.717, 1.165) is 0 Å². The molecule has 0 aliphatic heterocycles. The van der Waals surface area contributed by atoms with Crippen LogP contribution in [-0.2, 0) is 19.9 Å². The van der Waals surface area contributed by atoms with Crippen molar-refractivity contribution in [2.24, 2.45) is 0 Å². The zero-order valence-electron chi connectivity index (χ0n) is 14.0. The molecule has 2 aromatic rings. The normalized spacial score (nSPS) is 11.8. The number of sulfonamides is 1. The molecule has 0 saturated carbocycles. The summed E-state index contributed by atoms with van der Waals surface area (Å²) in [6.45, 7) is 1.54. The van der Waals surface area contributed by atoms with Crippen molar-refractivity contribution in [2.75, 3.05) is 24.7 Å². The Balaban J connectivity index is 2.36. The number of hydrogen-bond donors (Lipinski definition) is 1. The van der Waals surface area contributed by atoms with E-state index in [2.05, 4.69) is 4.72 Å². The highest BCUT2D eigenvalue weighted by Crippen LogP contribution is 2.29. The molecule has 1 N–H and O–H groups in total. The van der Waals surface area contributed by atoms with Crippen molar-refractivity contribution in [1.29, 1.82) is 0 Å². The van der Waals surface area contributed by atoms with Gasteiger partial charge in [-0.1, -0.05) is 6.92 Å². The fraction of sp³-hybridized carbons (Fsp3) is 0.250. The van der Waals surface area contributed by atoms with E-state index in [1.54, 1.807) is 13.0 Å². The molecule has 2 rings (SSSR count). The van der Waals surface area contributed by atoms with Gasteiger partial charge in [0.15, 0.2) is 9.84 Å². The van der Waals surface area contributed by atoms with Gasteiger partial charge in [-0.25, -0.2) is 16.8 Å². The third-order valence-corrected chi connectivity index (χ3v) is 6.66. The molecule has 0 saturated heterocycles. The van der Waals surface area contributed by atoms with Gasteiger partial charge in [-0.05, 0) is 36.4 Å². The molecule has 0 atom stereocenters. The van der Waals surface area contributed by atoms with Crippen molar-refractivity contribution in [3.63, 3.8) is 0 Å². The molecule has 9 heteroatoms. The van der Waals surface area contributed by atoms with Gasteiger partial charge >= 0.3 is 0 Å². The van der Waals surface area contributed by atoms with E-state index >= 15 is 0 Å². The second kappa shape index (κ2) is 7.32. The Labute approximate surface area is 147 Å². The highest BCUT2D eigenvalue weighted by Gasteiger charge is 2.21. The average Bonchev–Trinajstić information content (AvgIpc) is 2.61. The van der Waals surface area contributed by atoms with Crippen LogP contribution in [0.1, 0.15) is 6.92 Å². The number of benzene rings is 2. The van der Waals surface area contributed by atoms with Gasteiger partial charge in [-0.3, -0.25) is 4.72 Å². The minimum atomic E-state index is -3.95. The van der Waals surface area contributed by atoms with E-state index in [1.807, 2.05) is 0 Å². The van der Waals surface area contributed by atoms with E-state index in [0.29, 0.717) is 5.75 Å². The number of anilines is 1. The predicted octanol–water partition coefficient (Wildman–Crippen LogP) is 2.30. The smallest absolute Gasteiger partial charge is 0.265 e. The van der Waals surface area contributed by atoms with E-state index in [1.165, 1.54) is 50.6 Å². The van der Waals surface area contributed by atoms with Gasteiger partial charge < -0.3 is 9.47 Å². The van der Waals surface area contributed by atoms with Gasteiger partial charge in [0, 0.05) is 11.8 Å². The van der Waals surface area contributed by atoms with E-state index in [4.69, 9.17) is 9.47 Å². The zero-order valence-corrected chi connectivity index (χ0v) is 15.6. The van der Waals surface area contributed by atoms with Crippen molar-refractivity contribution in [2.45, 2.75) is 16.7 Å². The molecule has 0 fully saturated rings. The number of sulfone groups is 1. The van der Waals surface area contributed by atoms with Gasteiger partial charge in [0.25, 0.3) is 10.0 Å². The second-order valence-corrected chi connectivity index (χ2v) is 8.98. The van der Waals surface area contributed by atoms with Crippen LogP contribution in [-0.4, -0.2) is 36.8 Å². The maximum Gasteiger partial charge on any atom is 0.265 e. The summed E-state index contributed by atoms with van der Waals surface area (Å²) in [6, 6.07) is 9.93. The summed E-state index contributed by atoms with van der Waals surface area (Å²) in [7, 11) is -4.50. The summed E-state index contributed by atoms with van der Waals surface area (Å²) in [5, 5.41) is 0. The van der Waals surface area contributed by atoms with Crippen molar-refractivity contribution < 1.29 is 26.3 Å². The molecular formula is C16H19NO6S2. The molecule has 0 radical (unpaired) electrons. The first-order valence-corrected chi connectivity index (χ1v) is 10.4. The topological polar surface area (TPSA) is 98.8 Å². The Morgan fingerprint density at radius 3 is 2.08 bits per heavy atom. The molecule has 0 aromatic heterocycles. The lowest BCUT2D eigenvalue weighted by atomic mass is 10.3. The number of nitrogens with one attached hydrogen (secondary N) is 1. The second-order valence-electron chi connectivity index (χ2n) is 5.05. The molecule has 0 aliphatic carbocycles. The highest BCUT2D eigenvalue weighted by atomic mass is 32.2. The lowest BCUT2D eigenvalue weighted by Crippen LogP contribution is -2.14. The molecule has 7 nitrogen and oxygen atoms in total. The van der Waals surface area contributed by atoms with Crippen LogP contribution in [0.5, 0.6) is 11.5 Å². The Hall–Kier alpha value is -2.26.